The molecule has 232 valence electrons. The monoisotopic (exact) mass is 658 g/mol. The summed E-state index contributed by atoms with van der Waals surface area (Å²) < 4.78 is 27.4. The molecule has 13 heteroatoms. The maximum Gasteiger partial charge on any atom is 0.255 e. The van der Waals surface area contributed by atoms with E-state index in [-0.39, 0.29) is 17.5 Å². The van der Waals surface area contributed by atoms with Gasteiger partial charge in [0.2, 0.25) is 15.9 Å². The van der Waals surface area contributed by atoms with Gasteiger partial charge >= 0.3 is 0 Å². The molecule has 0 radical (unpaired) electrons. The smallest absolute Gasteiger partial charge is 0.255 e. The van der Waals surface area contributed by atoms with Crippen molar-refractivity contribution in [3.8, 4) is 0 Å². The Balaban J connectivity index is 1.56. The number of halogens is 2. The lowest BCUT2D eigenvalue weighted by molar-refractivity contribution is -0.138. The zero-order valence-corrected chi connectivity index (χ0v) is 26.2. The summed E-state index contributed by atoms with van der Waals surface area (Å²) in [5.41, 5.74) is 10.1. The Morgan fingerprint density at radius 1 is 1.00 bits per heavy atom. The maximum absolute atomic E-state index is 14.3. The molecule has 1 aliphatic heterocycles. The van der Waals surface area contributed by atoms with Crippen molar-refractivity contribution in [2.75, 3.05) is 6.26 Å². The van der Waals surface area contributed by atoms with Gasteiger partial charge in [-0.3, -0.25) is 19.2 Å². The van der Waals surface area contributed by atoms with Gasteiger partial charge in [-0.05, 0) is 59.9 Å². The number of hydrogen-bond donors (Lipinski definition) is 3. The molecule has 1 heterocycles. The van der Waals surface area contributed by atoms with Gasteiger partial charge in [0, 0.05) is 33.3 Å². The van der Waals surface area contributed by atoms with Gasteiger partial charge in [0.15, 0.2) is 0 Å². The van der Waals surface area contributed by atoms with Crippen molar-refractivity contribution < 1.29 is 27.6 Å². The normalized spacial score (nSPS) is 21.9. The fraction of sp³-hybridized carbons (Fsp3) is 0.323. The van der Waals surface area contributed by atoms with Gasteiger partial charge < -0.3 is 10.6 Å². The van der Waals surface area contributed by atoms with Crippen LogP contribution in [-0.2, 0) is 26.3 Å². The molecule has 1 fully saturated rings. The summed E-state index contributed by atoms with van der Waals surface area (Å²) in [6, 6.07) is 16.2. The highest BCUT2D eigenvalue weighted by Crippen LogP contribution is 2.47. The number of rotatable bonds is 9. The second-order valence-corrected chi connectivity index (χ2v) is 13.7. The zero-order chi connectivity index (χ0) is 31.6. The standard InChI is InChI=1S/C31H32Cl2N4O6S/c1-44(41,42)36-25-11-4-5-12-26(25)37-28(23-14-13-20(32)16-24(23)33)27(21-9-2-3-10-22(21)31(37)40)30(39)35-43-17-18-7-6-8-19(15-18)29(34)38/h2-3,6-10,13-16,25-28,36H,4-5,11-12,17H2,1H3,(H2,34,38)(H,35,39)/t25-,26-,27+,28-/m0/s1. The van der Waals surface area contributed by atoms with Crippen LogP contribution in [0.25, 0.3) is 0 Å². The Morgan fingerprint density at radius 2 is 1.75 bits per heavy atom. The predicted octanol–water partition coefficient (Wildman–Crippen LogP) is 4.48. The van der Waals surface area contributed by atoms with Crippen molar-refractivity contribution in [2.45, 2.75) is 56.3 Å². The maximum atomic E-state index is 14.3. The van der Waals surface area contributed by atoms with E-state index in [4.69, 9.17) is 33.8 Å². The molecule has 3 aromatic carbocycles. The highest BCUT2D eigenvalue weighted by atomic mass is 35.5. The van der Waals surface area contributed by atoms with E-state index in [9.17, 15) is 22.8 Å². The number of nitrogens with two attached hydrogens (primary N) is 1. The van der Waals surface area contributed by atoms with Crippen LogP contribution in [0.15, 0.2) is 66.7 Å². The Kier molecular flexibility index (Phi) is 9.62. The summed E-state index contributed by atoms with van der Waals surface area (Å²) in [5.74, 6) is -2.45. The van der Waals surface area contributed by atoms with Crippen molar-refractivity contribution >= 4 is 50.9 Å². The van der Waals surface area contributed by atoms with Crippen molar-refractivity contribution in [3.63, 3.8) is 0 Å². The van der Waals surface area contributed by atoms with Crippen LogP contribution >= 0.6 is 23.2 Å². The Morgan fingerprint density at radius 3 is 2.48 bits per heavy atom. The van der Waals surface area contributed by atoms with Crippen LogP contribution < -0.4 is 15.9 Å². The highest BCUT2D eigenvalue weighted by Gasteiger charge is 2.49. The van der Waals surface area contributed by atoms with Crippen molar-refractivity contribution in [3.05, 3.63) is 105 Å². The van der Waals surface area contributed by atoms with Crippen LogP contribution in [0.4, 0.5) is 0 Å². The average Bonchev–Trinajstić information content (AvgIpc) is 2.97. The van der Waals surface area contributed by atoms with E-state index < -0.39 is 45.9 Å². The highest BCUT2D eigenvalue weighted by molar-refractivity contribution is 7.88. The van der Waals surface area contributed by atoms with Crippen LogP contribution in [0.5, 0.6) is 0 Å². The number of carbonyl (C=O) groups is 3. The third kappa shape index (κ3) is 6.92. The second kappa shape index (κ2) is 13.3. The molecule has 4 atom stereocenters. The number of primary amides is 1. The van der Waals surface area contributed by atoms with E-state index in [2.05, 4.69) is 10.2 Å². The molecule has 0 aromatic heterocycles. The molecule has 2 aliphatic rings. The Hall–Kier alpha value is -3.48. The van der Waals surface area contributed by atoms with Gasteiger partial charge in [-0.15, -0.1) is 0 Å². The van der Waals surface area contributed by atoms with E-state index >= 15 is 0 Å². The van der Waals surface area contributed by atoms with Gasteiger partial charge in [-0.25, -0.2) is 18.6 Å². The van der Waals surface area contributed by atoms with Crippen LogP contribution in [-0.4, -0.2) is 49.4 Å². The van der Waals surface area contributed by atoms with Gasteiger partial charge in [0.05, 0.1) is 24.8 Å². The van der Waals surface area contributed by atoms with Crippen LogP contribution in [0.1, 0.15) is 75.0 Å². The zero-order valence-electron chi connectivity index (χ0n) is 23.8. The van der Waals surface area contributed by atoms with Gasteiger partial charge in [0.1, 0.15) is 0 Å². The van der Waals surface area contributed by atoms with E-state index in [1.54, 1.807) is 71.6 Å². The van der Waals surface area contributed by atoms with Gasteiger partial charge in [0.25, 0.3) is 11.8 Å². The fourth-order valence-corrected chi connectivity index (χ4v) is 7.54. The van der Waals surface area contributed by atoms with Crippen LogP contribution in [0.2, 0.25) is 10.0 Å². The third-order valence-corrected chi connectivity index (χ3v) is 9.31. The number of hydrogen-bond acceptors (Lipinski definition) is 6. The summed E-state index contributed by atoms with van der Waals surface area (Å²) >= 11 is 13.0. The molecule has 0 spiro atoms. The minimum Gasteiger partial charge on any atom is -0.366 e. The number of fused-ring (bicyclic) bond motifs is 1. The molecular formula is C31H32Cl2N4O6S. The SMILES string of the molecule is CS(=O)(=O)N[C@H]1CCCC[C@@H]1N1C(=O)c2ccccc2[C@@H](C(=O)NOCc2cccc(C(N)=O)c2)[C@@H]1c1ccc(Cl)cc1Cl. The number of benzene rings is 3. The number of amides is 3. The minimum absolute atomic E-state index is 0.0563. The summed E-state index contributed by atoms with van der Waals surface area (Å²) in [6.45, 7) is -0.0563. The number of hydroxylamine groups is 1. The molecule has 44 heavy (non-hydrogen) atoms. The molecule has 0 bridgehead atoms. The predicted molar refractivity (Wildman–Crippen MR) is 166 cm³/mol. The summed E-state index contributed by atoms with van der Waals surface area (Å²) in [5, 5.41) is 0.634. The fourth-order valence-electron chi connectivity index (χ4n) is 6.20. The van der Waals surface area contributed by atoms with Gasteiger partial charge in [-0.1, -0.05) is 72.4 Å². The number of sulfonamides is 1. The molecule has 1 saturated carbocycles. The molecule has 10 nitrogen and oxygen atoms in total. The van der Waals surface area contributed by atoms with Crippen molar-refractivity contribution in [1.29, 1.82) is 0 Å². The van der Waals surface area contributed by atoms with E-state index in [0.29, 0.717) is 45.7 Å². The molecule has 4 N–H and O–H groups in total. The molecule has 3 aromatic rings. The number of nitrogens with one attached hydrogen (secondary N) is 2. The molecule has 1 aliphatic carbocycles. The van der Waals surface area contributed by atoms with E-state index in [1.165, 1.54) is 0 Å². The first-order valence-corrected chi connectivity index (χ1v) is 16.7. The Bertz CT molecular complexity index is 1700. The van der Waals surface area contributed by atoms with Crippen LogP contribution in [0, 0.1) is 0 Å². The Labute approximate surface area is 265 Å². The molecule has 5 rings (SSSR count). The molecule has 0 saturated heterocycles. The molecule has 0 unspecified atom stereocenters. The first-order valence-electron chi connectivity index (χ1n) is 14.1. The minimum atomic E-state index is -3.61. The first-order chi connectivity index (χ1) is 20.9. The van der Waals surface area contributed by atoms with Crippen molar-refractivity contribution in [2.24, 2.45) is 5.73 Å². The lowest BCUT2D eigenvalue weighted by Gasteiger charge is -2.49. The lowest BCUT2D eigenvalue weighted by atomic mass is 9.76. The number of carbonyl (C=O) groups excluding carboxylic acids is 3. The second-order valence-electron chi connectivity index (χ2n) is 11.1. The third-order valence-electron chi connectivity index (χ3n) is 8.02. The molecular weight excluding hydrogens is 627 g/mol. The lowest BCUT2D eigenvalue weighted by Crippen LogP contribution is -2.59. The average molecular weight is 660 g/mol. The summed E-state index contributed by atoms with van der Waals surface area (Å²) in [6.07, 6.45) is 3.68. The van der Waals surface area contributed by atoms with E-state index in [1.807, 2.05) is 0 Å². The van der Waals surface area contributed by atoms with Crippen molar-refractivity contribution in [1.82, 2.24) is 15.1 Å². The summed E-state index contributed by atoms with van der Waals surface area (Å²) in [4.78, 5) is 47.2. The first kappa shape index (κ1) is 31.9. The topological polar surface area (TPSA) is 148 Å². The quantitative estimate of drug-likeness (QED) is 0.289. The number of nitrogens with zero attached hydrogens (tertiary/aromatic N) is 1. The van der Waals surface area contributed by atoms with Crippen LogP contribution in [0.3, 0.4) is 0 Å². The van der Waals surface area contributed by atoms with Gasteiger partial charge in [-0.2, -0.15) is 0 Å². The summed E-state index contributed by atoms with van der Waals surface area (Å²) in [7, 11) is -3.61. The molecule has 3 amide bonds. The largest absolute Gasteiger partial charge is 0.366 e. The van der Waals surface area contributed by atoms with E-state index in [0.717, 1.165) is 19.1 Å².